The molecule has 0 saturated carbocycles. The highest BCUT2D eigenvalue weighted by molar-refractivity contribution is 7.23. The fourth-order valence-electron chi connectivity index (χ4n) is 3.89. The Morgan fingerprint density at radius 2 is 1.88 bits per heavy atom. The van der Waals surface area contributed by atoms with Crippen LogP contribution in [0.5, 0.6) is 11.5 Å². The van der Waals surface area contributed by atoms with Crippen LogP contribution in [0.4, 0.5) is 5.13 Å². The number of carbonyl (C=O) groups excluding carboxylic acids is 1. The molecule has 33 heavy (non-hydrogen) atoms. The molecule has 1 saturated heterocycles. The van der Waals surface area contributed by atoms with Crippen molar-refractivity contribution in [3.63, 3.8) is 0 Å². The zero-order valence-corrected chi connectivity index (χ0v) is 19.7. The number of hydrogen-bond donors (Lipinski definition) is 0. The number of aryl methyl sites for hydroxylation is 1. The summed E-state index contributed by atoms with van der Waals surface area (Å²) in [5.41, 5.74) is 2.43. The van der Waals surface area contributed by atoms with Gasteiger partial charge >= 0.3 is 0 Å². The number of halogens is 1. The molecule has 1 amide bonds. The van der Waals surface area contributed by atoms with Gasteiger partial charge < -0.3 is 9.47 Å². The normalized spacial score (nSPS) is 15.6. The van der Waals surface area contributed by atoms with Crippen molar-refractivity contribution in [1.29, 1.82) is 0 Å². The lowest BCUT2D eigenvalue weighted by atomic mass is 10.1. The number of fused-ring (bicyclic) bond motifs is 1. The van der Waals surface area contributed by atoms with Crippen LogP contribution in [0.25, 0.3) is 10.2 Å². The minimum Gasteiger partial charge on any atom is -0.457 e. The second-order valence-electron chi connectivity index (χ2n) is 8.03. The zero-order valence-electron chi connectivity index (χ0n) is 18.2. The van der Waals surface area contributed by atoms with Gasteiger partial charge in [-0.05, 0) is 67.8 Å². The van der Waals surface area contributed by atoms with E-state index in [-0.39, 0.29) is 12.0 Å². The van der Waals surface area contributed by atoms with Crippen molar-refractivity contribution in [2.24, 2.45) is 0 Å². The van der Waals surface area contributed by atoms with E-state index in [9.17, 15) is 4.79 Å². The first-order chi connectivity index (χ1) is 16.1. The van der Waals surface area contributed by atoms with Gasteiger partial charge in [-0.1, -0.05) is 47.2 Å². The van der Waals surface area contributed by atoms with E-state index >= 15 is 0 Å². The number of carbonyl (C=O) groups is 1. The Morgan fingerprint density at radius 1 is 1.12 bits per heavy atom. The molecule has 3 aromatic carbocycles. The van der Waals surface area contributed by atoms with Crippen molar-refractivity contribution in [3.8, 4) is 11.5 Å². The van der Waals surface area contributed by atoms with Crippen LogP contribution in [-0.2, 0) is 4.74 Å². The lowest BCUT2D eigenvalue weighted by Gasteiger charge is -2.23. The third-order valence-electron chi connectivity index (χ3n) is 5.65. The van der Waals surface area contributed by atoms with Gasteiger partial charge in [-0.2, -0.15) is 0 Å². The Kier molecular flexibility index (Phi) is 6.31. The van der Waals surface area contributed by atoms with Gasteiger partial charge in [-0.15, -0.1) is 0 Å². The van der Waals surface area contributed by atoms with Crippen LogP contribution in [0.2, 0.25) is 5.02 Å². The molecule has 0 N–H and O–H groups in total. The Labute approximate surface area is 201 Å². The first-order valence-corrected chi connectivity index (χ1v) is 12.1. The fourth-order valence-corrected chi connectivity index (χ4v) is 5.22. The average molecular weight is 479 g/mol. The molecule has 5 nitrogen and oxygen atoms in total. The summed E-state index contributed by atoms with van der Waals surface area (Å²) in [5, 5.41) is 1.28. The van der Waals surface area contributed by atoms with Crippen molar-refractivity contribution < 1.29 is 14.3 Å². The summed E-state index contributed by atoms with van der Waals surface area (Å²) in [6.07, 6.45) is 1.93. The monoisotopic (exact) mass is 478 g/mol. The number of hydrogen-bond acceptors (Lipinski definition) is 5. The van der Waals surface area contributed by atoms with Crippen LogP contribution >= 0.6 is 22.9 Å². The van der Waals surface area contributed by atoms with Crippen molar-refractivity contribution in [2.75, 3.05) is 18.1 Å². The summed E-state index contributed by atoms with van der Waals surface area (Å²) in [4.78, 5) is 20.1. The first kappa shape index (κ1) is 21.9. The Hall–Kier alpha value is -2.93. The minimum absolute atomic E-state index is 0.00165. The summed E-state index contributed by atoms with van der Waals surface area (Å²) in [5.74, 6) is 1.30. The number of rotatable bonds is 6. The van der Waals surface area contributed by atoms with Crippen molar-refractivity contribution >= 4 is 44.2 Å². The predicted molar refractivity (Wildman–Crippen MR) is 133 cm³/mol. The fraction of sp³-hybridized carbons (Fsp3) is 0.231. The van der Waals surface area contributed by atoms with Crippen LogP contribution in [-0.4, -0.2) is 30.1 Å². The largest absolute Gasteiger partial charge is 0.457 e. The zero-order chi connectivity index (χ0) is 22.8. The molecule has 1 aliphatic rings. The van der Waals surface area contributed by atoms with Crippen LogP contribution < -0.4 is 9.64 Å². The standard InChI is InChI=1S/C26H23ClN2O3S/c1-17-9-14-22(27)24-23(17)28-26(33-24)29(16-21-8-5-15-31-21)25(30)18-10-12-20(13-11-18)32-19-6-3-2-4-7-19/h2-4,6-7,9-14,21H,5,8,15-16H2,1H3. The predicted octanol–water partition coefficient (Wildman–Crippen LogP) is 6.88. The quantitative estimate of drug-likeness (QED) is 0.303. The molecule has 4 aromatic rings. The highest BCUT2D eigenvalue weighted by atomic mass is 35.5. The van der Waals surface area contributed by atoms with Crippen molar-refractivity contribution in [1.82, 2.24) is 4.98 Å². The van der Waals surface area contributed by atoms with Gasteiger partial charge in [0.05, 0.1) is 27.9 Å². The smallest absolute Gasteiger partial charge is 0.260 e. The Balaban J connectivity index is 1.44. The molecule has 1 atom stereocenters. The molecule has 1 aliphatic heterocycles. The molecule has 1 fully saturated rings. The molecule has 1 unspecified atom stereocenters. The maximum atomic E-state index is 13.6. The molecule has 5 rings (SSSR count). The van der Waals surface area contributed by atoms with E-state index in [4.69, 9.17) is 26.1 Å². The molecule has 0 radical (unpaired) electrons. The number of ether oxygens (including phenoxy) is 2. The second kappa shape index (κ2) is 9.51. The topological polar surface area (TPSA) is 51.7 Å². The average Bonchev–Trinajstić information content (AvgIpc) is 3.51. The van der Waals surface area contributed by atoms with Crippen LogP contribution in [0.15, 0.2) is 66.7 Å². The highest BCUT2D eigenvalue weighted by Crippen LogP contribution is 2.36. The molecular formula is C26H23ClN2O3S. The van der Waals surface area contributed by atoms with E-state index in [1.54, 1.807) is 17.0 Å². The number of para-hydroxylation sites is 1. The lowest BCUT2D eigenvalue weighted by Crippen LogP contribution is -2.37. The van der Waals surface area contributed by atoms with Gasteiger partial charge in [0, 0.05) is 12.2 Å². The molecule has 0 aliphatic carbocycles. The summed E-state index contributed by atoms with van der Waals surface area (Å²) >= 11 is 7.87. The van der Waals surface area contributed by atoms with Gasteiger partial charge in [0.15, 0.2) is 5.13 Å². The molecule has 0 spiro atoms. The van der Waals surface area contributed by atoms with Gasteiger partial charge in [0.1, 0.15) is 11.5 Å². The Morgan fingerprint density at radius 3 is 2.58 bits per heavy atom. The molecule has 7 heteroatoms. The third-order valence-corrected chi connectivity index (χ3v) is 7.19. The minimum atomic E-state index is -0.121. The molecule has 2 heterocycles. The number of benzene rings is 3. The molecule has 0 bridgehead atoms. The van der Waals surface area contributed by atoms with E-state index in [1.165, 1.54) is 11.3 Å². The molecular weight excluding hydrogens is 456 g/mol. The van der Waals surface area contributed by atoms with E-state index < -0.39 is 0 Å². The number of nitrogens with zero attached hydrogens (tertiary/aromatic N) is 2. The summed E-state index contributed by atoms with van der Waals surface area (Å²) in [7, 11) is 0. The molecule has 1 aromatic heterocycles. The van der Waals surface area contributed by atoms with Crippen LogP contribution in [0.1, 0.15) is 28.8 Å². The summed E-state index contributed by atoms with van der Waals surface area (Å²) in [6, 6.07) is 20.6. The van der Waals surface area contributed by atoms with Gasteiger partial charge in [0.25, 0.3) is 5.91 Å². The summed E-state index contributed by atoms with van der Waals surface area (Å²) in [6.45, 7) is 3.18. The third kappa shape index (κ3) is 4.74. The van der Waals surface area contributed by atoms with E-state index in [2.05, 4.69) is 0 Å². The number of amides is 1. The molecule has 168 valence electrons. The van der Waals surface area contributed by atoms with Crippen molar-refractivity contribution in [2.45, 2.75) is 25.9 Å². The number of thiazole rings is 1. The maximum absolute atomic E-state index is 13.6. The second-order valence-corrected chi connectivity index (χ2v) is 9.41. The van der Waals surface area contributed by atoms with Crippen molar-refractivity contribution in [3.05, 3.63) is 82.9 Å². The van der Waals surface area contributed by atoms with Gasteiger partial charge in [0.2, 0.25) is 0 Å². The van der Waals surface area contributed by atoms with E-state index in [1.807, 2.05) is 61.5 Å². The SMILES string of the molecule is Cc1ccc(Cl)c2sc(N(CC3CCCO3)C(=O)c3ccc(Oc4ccccc4)cc3)nc12. The maximum Gasteiger partial charge on any atom is 0.260 e. The van der Waals surface area contributed by atoms with E-state index in [0.717, 1.165) is 41.0 Å². The Bertz CT molecular complexity index is 1230. The van der Waals surface area contributed by atoms with Gasteiger partial charge in [-0.3, -0.25) is 9.69 Å². The lowest BCUT2D eigenvalue weighted by molar-refractivity contribution is 0.0917. The van der Waals surface area contributed by atoms with E-state index in [0.29, 0.717) is 28.0 Å². The van der Waals surface area contributed by atoms with Crippen LogP contribution in [0.3, 0.4) is 0 Å². The highest BCUT2D eigenvalue weighted by Gasteiger charge is 2.27. The van der Waals surface area contributed by atoms with Crippen LogP contribution in [0, 0.1) is 6.92 Å². The number of anilines is 1. The first-order valence-electron chi connectivity index (χ1n) is 10.9. The van der Waals surface area contributed by atoms with Gasteiger partial charge in [-0.25, -0.2) is 4.98 Å². The summed E-state index contributed by atoms with van der Waals surface area (Å²) < 4.78 is 12.6. The number of aromatic nitrogens is 1.